The first-order valence-electron chi connectivity index (χ1n) is 9.26. The third-order valence-corrected chi connectivity index (χ3v) is 4.78. The third-order valence-electron chi connectivity index (χ3n) is 4.78. The van der Waals surface area contributed by atoms with Crippen LogP contribution in [0.15, 0.2) is 77.7 Å². The summed E-state index contributed by atoms with van der Waals surface area (Å²) in [6.07, 6.45) is 3.20. The Balaban J connectivity index is 1.70. The van der Waals surface area contributed by atoms with Crippen molar-refractivity contribution < 1.29 is 4.74 Å². The third kappa shape index (κ3) is 3.78. The van der Waals surface area contributed by atoms with Crippen molar-refractivity contribution >= 4 is 10.9 Å². The van der Waals surface area contributed by atoms with Crippen molar-refractivity contribution in [2.75, 3.05) is 7.11 Å². The lowest BCUT2D eigenvalue weighted by molar-refractivity contribution is 0.414. The fraction of sp³-hybridized carbons (Fsp3) is 0.174. The summed E-state index contributed by atoms with van der Waals surface area (Å²) in [5, 5.41) is 0.631. The summed E-state index contributed by atoms with van der Waals surface area (Å²) < 4.78 is 6.96. The fourth-order valence-electron chi connectivity index (χ4n) is 3.27. The maximum Gasteiger partial charge on any atom is 0.261 e. The minimum atomic E-state index is -0.0269. The van der Waals surface area contributed by atoms with E-state index in [9.17, 15) is 4.79 Å². The highest BCUT2D eigenvalue weighted by Gasteiger charge is 2.12. The van der Waals surface area contributed by atoms with E-state index in [2.05, 4.69) is 4.98 Å². The van der Waals surface area contributed by atoms with E-state index in [-0.39, 0.29) is 5.56 Å². The zero-order valence-electron chi connectivity index (χ0n) is 15.7. The zero-order valence-corrected chi connectivity index (χ0v) is 15.7. The summed E-state index contributed by atoms with van der Waals surface area (Å²) in [7, 11) is 1.66. The quantitative estimate of drug-likeness (QED) is 0.519. The number of nitrogens with zero attached hydrogens (tertiary/aromatic N) is 3. The van der Waals surface area contributed by atoms with Crippen molar-refractivity contribution in [3.63, 3.8) is 0 Å². The molecule has 0 N–H and O–H groups in total. The Labute approximate surface area is 163 Å². The lowest BCUT2D eigenvalue weighted by Crippen LogP contribution is -2.26. The molecule has 5 nitrogen and oxygen atoms in total. The van der Waals surface area contributed by atoms with Crippen molar-refractivity contribution in [1.82, 2.24) is 14.5 Å². The molecule has 2 heterocycles. The maximum atomic E-state index is 13.1. The molecule has 0 saturated heterocycles. The van der Waals surface area contributed by atoms with Gasteiger partial charge in [-0.3, -0.25) is 14.3 Å². The number of hydrogen-bond acceptors (Lipinski definition) is 4. The number of rotatable bonds is 6. The Bertz CT molecular complexity index is 1140. The number of aromatic nitrogens is 3. The number of pyridine rings is 1. The standard InChI is InChI=1S/C23H21N3O2/c1-28-19-12-9-17(10-13-19)11-14-22-25-21-8-3-2-7-20(21)23(27)26(22)16-18-6-4-5-15-24-18/h2-10,12-13,15H,11,14,16H2,1H3. The van der Waals surface area contributed by atoms with E-state index in [1.807, 2.05) is 66.7 Å². The molecule has 0 radical (unpaired) electrons. The van der Waals surface area contributed by atoms with Gasteiger partial charge in [-0.25, -0.2) is 4.98 Å². The van der Waals surface area contributed by atoms with E-state index in [0.717, 1.165) is 29.2 Å². The lowest BCUT2D eigenvalue weighted by Gasteiger charge is -2.13. The van der Waals surface area contributed by atoms with Gasteiger partial charge in [0.25, 0.3) is 5.56 Å². The highest BCUT2D eigenvalue weighted by molar-refractivity contribution is 5.77. The van der Waals surface area contributed by atoms with Gasteiger partial charge in [-0.15, -0.1) is 0 Å². The number of aryl methyl sites for hydroxylation is 2. The van der Waals surface area contributed by atoms with Crippen molar-refractivity contribution in [3.05, 3.63) is 100 Å². The van der Waals surface area contributed by atoms with E-state index in [1.54, 1.807) is 17.9 Å². The van der Waals surface area contributed by atoms with E-state index in [1.165, 1.54) is 5.56 Å². The van der Waals surface area contributed by atoms with Gasteiger partial charge < -0.3 is 4.74 Å². The molecule has 0 aliphatic heterocycles. The second-order valence-corrected chi connectivity index (χ2v) is 6.61. The maximum absolute atomic E-state index is 13.1. The van der Waals surface area contributed by atoms with Crippen LogP contribution in [0.5, 0.6) is 5.75 Å². The molecule has 0 atom stereocenters. The molecule has 0 amide bonds. The minimum absolute atomic E-state index is 0.0269. The van der Waals surface area contributed by atoms with Gasteiger partial charge in [0, 0.05) is 12.6 Å². The summed E-state index contributed by atoms with van der Waals surface area (Å²) >= 11 is 0. The van der Waals surface area contributed by atoms with Crippen molar-refractivity contribution in [2.24, 2.45) is 0 Å². The molecule has 0 fully saturated rings. The molecule has 0 bridgehead atoms. The number of para-hydroxylation sites is 1. The second-order valence-electron chi connectivity index (χ2n) is 6.61. The fourth-order valence-corrected chi connectivity index (χ4v) is 3.27. The summed E-state index contributed by atoms with van der Waals surface area (Å²) in [5.74, 6) is 1.60. The topological polar surface area (TPSA) is 57.0 Å². The van der Waals surface area contributed by atoms with Crippen LogP contribution in [-0.4, -0.2) is 21.6 Å². The van der Waals surface area contributed by atoms with Gasteiger partial charge in [-0.2, -0.15) is 0 Å². The SMILES string of the molecule is COc1ccc(CCc2nc3ccccc3c(=O)n2Cc2ccccn2)cc1. The van der Waals surface area contributed by atoms with Crippen LogP contribution in [-0.2, 0) is 19.4 Å². The molecular formula is C23H21N3O2. The molecule has 28 heavy (non-hydrogen) atoms. The molecule has 0 aliphatic carbocycles. The van der Waals surface area contributed by atoms with Crippen LogP contribution in [0, 0.1) is 0 Å². The summed E-state index contributed by atoms with van der Waals surface area (Å²) in [5.41, 5.74) is 2.72. The van der Waals surface area contributed by atoms with Crippen molar-refractivity contribution in [1.29, 1.82) is 0 Å². The largest absolute Gasteiger partial charge is 0.497 e. The van der Waals surface area contributed by atoms with Crippen LogP contribution in [0.2, 0.25) is 0 Å². The first-order valence-corrected chi connectivity index (χ1v) is 9.26. The van der Waals surface area contributed by atoms with Crippen LogP contribution >= 0.6 is 0 Å². The Morgan fingerprint density at radius 3 is 2.46 bits per heavy atom. The number of benzene rings is 2. The number of fused-ring (bicyclic) bond motifs is 1. The molecule has 4 aromatic rings. The summed E-state index contributed by atoms with van der Waals surface area (Å²) in [6.45, 7) is 0.412. The van der Waals surface area contributed by atoms with Crippen LogP contribution < -0.4 is 10.3 Å². The Morgan fingerprint density at radius 1 is 0.929 bits per heavy atom. The first-order chi connectivity index (χ1) is 13.7. The van der Waals surface area contributed by atoms with E-state index in [0.29, 0.717) is 18.4 Å². The lowest BCUT2D eigenvalue weighted by atomic mass is 10.1. The predicted molar refractivity (Wildman–Crippen MR) is 110 cm³/mol. The molecule has 0 spiro atoms. The first kappa shape index (κ1) is 17.9. The van der Waals surface area contributed by atoms with Gasteiger partial charge in [0.15, 0.2) is 0 Å². The Kier molecular flexibility index (Phi) is 5.15. The average Bonchev–Trinajstić information content (AvgIpc) is 2.75. The molecule has 140 valence electrons. The molecule has 5 heteroatoms. The number of ether oxygens (including phenoxy) is 1. The normalized spacial score (nSPS) is 10.9. The average molecular weight is 371 g/mol. The van der Waals surface area contributed by atoms with Gasteiger partial charge in [0.2, 0.25) is 0 Å². The van der Waals surface area contributed by atoms with Crippen molar-refractivity contribution in [2.45, 2.75) is 19.4 Å². The molecule has 4 rings (SSSR count). The molecule has 2 aromatic carbocycles. The van der Waals surface area contributed by atoms with Crippen LogP contribution in [0.4, 0.5) is 0 Å². The zero-order chi connectivity index (χ0) is 19.3. The number of methoxy groups -OCH3 is 1. The van der Waals surface area contributed by atoms with Crippen molar-refractivity contribution in [3.8, 4) is 5.75 Å². The van der Waals surface area contributed by atoms with Gasteiger partial charge >= 0.3 is 0 Å². The van der Waals surface area contributed by atoms with Crippen LogP contribution in [0.25, 0.3) is 10.9 Å². The number of hydrogen-bond donors (Lipinski definition) is 0. The highest BCUT2D eigenvalue weighted by Crippen LogP contribution is 2.15. The summed E-state index contributed by atoms with van der Waals surface area (Å²) in [4.78, 5) is 22.3. The molecule has 2 aromatic heterocycles. The molecule has 0 unspecified atom stereocenters. The molecule has 0 saturated carbocycles. The monoisotopic (exact) mass is 371 g/mol. The van der Waals surface area contributed by atoms with Gasteiger partial charge in [-0.1, -0.05) is 30.3 Å². The smallest absolute Gasteiger partial charge is 0.261 e. The minimum Gasteiger partial charge on any atom is -0.497 e. The van der Waals surface area contributed by atoms with Crippen LogP contribution in [0.3, 0.4) is 0 Å². The van der Waals surface area contributed by atoms with Gasteiger partial charge in [-0.05, 0) is 48.4 Å². The van der Waals surface area contributed by atoms with Gasteiger partial charge in [0.1, 0.15) is 11.6 Å². The second kappa shape index (κ2) is 8.05. The molecule has 0 aliphatic rings. The highest BCUT2D eigenvalue weighted by atomic mass is 16.5. The predicted octanol–water partition coefficient (Wildman–Crippen LogP) is 3.63. The Morgan fingerprint density at radius 2 is 1.71 bits per heavy atom. The van der Waals surface area contributed by atoms with E-state index < -0.39 is 0 Å². The molecular weight excluding hydrogens is 350 g/mol. The van der Waals surface area contributed by atoms with Gasteiger partial charge in [0.05, 0.1) is 30.3 Å². The van der Waals surface area contributed by atoms with Crippen LogP contribution in [0.1, 0.15) is 17.1 Å². The summed E-state index contributed by atoms with van der Waals surface area (Å²) in [6, 6.07) is 21.2. The van der Waals surface area contributed by atoms with E-state index in [4.69, 9.17) is 9.72 Å². The Hall–Kier alpha value is -3.47. The van der Waals surface area contributed by atoms with E-state index >= 15 is 0 Å².